The van der Waals surface area contributed by atoms with Crippen LogP contribution in [-0.2, 0) is 4.79 Å². The molecule has 3 aromatic rings. The number of rotatable bonds is 2. The van der Waals surface area contributed by atoms with Crippen LogP contribution < -0.4 is 10.2 Å². The number of anilines is 1. The van der Waals surface area contributed by atoms with Gasteiger partial charge in [-0.3, -0.25) is 9.59 Å². The Morgan fingerprint density at radius 2 is 1.86 bits per heavy atom. The summed E-state index contributed by atoms with van der Waals surface area (Å²) in [4.78, 5) is 27.6. The van der Waals surface area contributed by atoms with Gasteiger partial charge in [0.15, 0.2) is 0 Å². The van der Waals surface area contributed by atoms with Crippen molar-refractivity contribution in [1.29, 1.82) is 0 Å². The van der Waals surface area contributed by atoms with Crippen molar-refractivity contribution in [2.24, 2.45) is 5.92 Å². The summed E-state index contributed by atoms with van der Waals surface area (Å²) in [5, 5.41) is 5.35. The predicted octanol–water partition coefficient (Wildman–Crippen LogP) is 4.03. The van der Waals surface area contributed by atoms with Crippen LogP contribution in [-0.4, -0.2) is 24.9 Å². The molecule has 1 aliphatic heterocycles. The molecule has 28 heavy (non-hydrogen) atoms. The molecule has 0 bridgehead atoms. The molecule has 2 aliphatic rings. The van der Waals surface area contributed by atoms with Crippen LogP contribution in [0.1, 0.15) is 33.8 Å². The number of benzene rings is 3. The van der Waals surface area contributed by atoms with Gasteiger partial charge in [-0.25, -0.2) is 0 Å². The van der Waals surface area contributed by atoms with Crippen molar-refractivity contribution in [1.82, 2.24) is 5.32 Å². The van der Waals surface area contributed by atoms with Gasteiger partial charge in [-0.15, -0.1) is 0 Å². The number of nitrogens with one attached hydrogen (secondary N) is 1. The van der Waals surface area contributed by atoms with Crippen molar-refractivity contribution in [3.05, 3.63) is 77.4 Å². The fourth-order valence-electron chi connectivity index (χ4n) is 4.37. The van der Waals surface area contributed by atoms with Gasteiger partial charge in [0.25, 0.3) is 5.91 Å². The molecule has 1 N–H and O–H groups in total. The van der Waals surface area contributed by atoms with E-state index in [9.17, 15) is 9.59 Å². The molecule has 3 aromatic carbocycles. The van der Waals surface area contributed by atoms with Crippen molar-refractivity contribution < 1.29 is 9.59 Å². The van der Waals surface area contributed by atoms with Crippen LogP contribution in [0.4, 0.5) is 5.69 Å². The average molecular weight is 370 g/mol. The molecule has 140 valence electrons. The highest BCUT2D eigenvalue weighted by Crippen LogP contribution is 2.49. The summed E-state index contributed by atoms with van der Waals surface area (Å²) >= 11 is 0. The second kappa shape index (κ2) is 6.48. The summed E-state index contributed by atoms with van der Waals surface area (Å²) < 4.78 is 0. The normalized spacial score (nSPS) is 21.0. The fourth-order valence-corrected chi connectivity index (χ4v) is 4.37. The number of carbonyl (C=O) groups excluding carboxylic acids is 2. The summed E-state index contributed by atoms with van der Waals surface area (Å²) in [6.45, 7) is 2.91. The molecule has 5 rings (SSSR count). The summed E-state index contributed by atoms with van der Waals surface area (Å²) in [6.07, 6.45) is 0.871. The number of carbonyl (C=O) groups is 2. The van der Waals surface area contributed by atoms with E-state index in [-0.39, 0.29) is 23.7 Å². The SMILES string of the molecule is Cc1cccc2c1C(=O)NCCN2C(=O)C1CC1c1ccc2ccccc2c1. The van der Waals surface area contributed by atoms with Crippen LogP contribution in [0.5, 0.6) is 0 Å². The van der Waals surface area contributed by atoms with E-state index in [1.807, 2.05) is 42.2 Å². The summed E-state index contributed by atoms with van der Waals surface area (Å²) in [5.74, 6) is 0.284. The molecule has 0 radical (unpaired) electrons. The molecule has 0 spiro atoms. The predicted molar refractivity (Wildman–Crippen MR) is 111 cm³/mol. The Kier molecular flexibility index (Phi) is 3.93. The molecule has 1 fully saturated rings. The lowest BCUT2D eigenvalue weighted by Crippen LogP contribution is -2.36. The summed E-state index contributed by atoms with van der Waals surface area (Å²) in [6, 6.07) is 20.5. The van der Waals surface area contributed by atoms with Crippen molar-refractivity contribution in [2.75, 3.05) is 18.0 Å². The Labute approximate surface area is 164 Å². The second-order valence-electron chi connectivity index (χ2n) is 7.77. The van der Waals surface area contributed by atoms with Crippen LogP contribution in [0.25, 0.3) is 10.8 Å². The van der Waals surface area contributed by atoms with E-state index in [4.69, 9.17) is 0 Å². The zero-order valence-corrected chi connectivity index (χ0v) is 15.8. The number of fused-ring (bicyclic) bond motifs is 2. The van der Waals surface area contributed by atoms with Crippen LogP contribution >= 0.6 is 0 Å². The average Bonchev–Trinajstić information content (AvgIpc) is 3.52. The minimum absolute atomic E-state index is 0.0114. The summed E-state index contributed by atoms with van der Waals surface area (Å²) in [5.41, 5.74) is 3.49. The fraction of sp³-hybridized carbons (Fsp3) is 0.250. The summed E-state index contributed by atoms with van der Waals surface area (Å²) in [7, 11) is 0. The monoisotopic (exact) mass is 370 g/mol. The van der Waals surface area contributed by atoms with Gasteiger partial charge < -0.3 is 10.2 Å². The minimum atomic E-state index is -0.0923. The maximum Gasteiger partial charge on any atom is 0.253 e. The molecule has 1 saturated carbocycles. The van der Waals surface area contributed by atoms with E-state index in [1.54, 1.807) is 0 Å². The van der Waals surface area contributed by atoms with Gasteiger partial charge in [0.1, 0.15) is 0 Å². The molecular formula is C24H22N2O2. The Morgan fingerprint density at radius 3 is 2.71 bits per heavy atom. The Morgan fingerprint density at radius 1 is 1.04 bits per heavy atom. The molecular weight excluding hydrogens is 348 g/mol. The lowest BCUT2D eigenvalue weighted by Gasteiger charge is -2.23. The van der Waals surface area contributed by atoms with Crippen LogP contribution in [0.15, 0.2) is 60.7 Å². The second-order valence-corrected chi connectivity index (χ2v) is 7.77. The van der Waals surface area contributed by atoms with E-state index in [2.05, 4.69) is 35.6 Å². The molecule has 4 heteroatoms. The first-order valence-electron chi connectivity index (χ1n) is 9.81. The van der Waals surface area contributed by atoms with Gasteiger partial charge in [0.05, 0.1) is 11.3 Å². The van der Waals surface area contributed by atoms with Gasteiger partial charge in [0.2, 0.25) is 5.91 Å². The van der Waals surface area contributed by atoms with Crippen LogP contribution in [0.2, 0.25) is 0 Å². The molecule has 2 amide bonds. The third-order valence-corrected chi connectivity index (χ3v) is 5.96. The lowest BCUT2D eigenvalue weighted by molar-refractivity contribution is -0.119. The first-order valence-corrected chi connectivity index (χ1v) is 9.81. The van der Waals surface area contributed by atoms with E-state index >= 15 is 0 Å². The molecule has 1 heterocycles. The van der Waals surface area contributed by atoms with Gasteiger partial charge in [-0.2, -0.15) is 0 Å². The van der Waals surface area contributed by atoms with Gasteiger partial charge in [0, 0.05) is 19.0 Å². The first kappa shape index (κ1) is 17.0. The highest BCUT2D eigenvalue weighted by Gasteiger charge is 2.46. The molecule has 0 aromatic heterocycles. The van der Waals surface area contributed by atoms with Crippen molar-refractivity contribution in [3.8, 4) is 0 Å². The third kappa shape index (κ3) is 2.76. The van der Waals surface area contributed by atoms with Crippen molar-refractivity contribution >= 4 is 28.3 Å². The molecule has 1 aliphatic carbocycles. The molecule has 2 unspecified atom stereocenters. The lowest BCUT2D eigenvalue weighted by atomic mass is 10.0. The number of hydrogen-bond donors (Lipinski definition) is 1. The first-order chi connectivity index (χ1) is 13.6. The largest absolute Gasteiger partial charge is 0.350 e. The molecule has 0 saturated heterocycles. The highest BCUT2D eigenvalue weighted by molar-refractivity contribution is 6.08. The Hall–Kier alpha value is -3.14. The van der Waals surface area contributed by atoms with Gasteiger partial charge in [-0.05, 0) is 47.2 Å². The number of aryl methyl sites for hydroxylation is 1. The zero-order chi connectivity index (χ0) is 19.3. The van der Waals surface area contributed by atoms with E-state index in [1.165, 1.54) is 16.3 Å². The molecule has 2 atom stereocenters. The van der Waals surface area contributed by atoms with Crippen molar-refractivity contribution in [3.63, 3.8) is 0 Å². The quantitative estimate of drug-likeness (QED) is 0.740. The van der Waals surface area contributed by atoms with E-state index < -0.39 is 0 Å². The maximum atomic E-state index is 13.3. The highest BCUT2D eigenvalue weighted by atomic mass is 16.2. The van der Waals surface area contributed by atoms with E-state index in [0.29, 0.717) is 18.7 Å². The maximum absolute atomic E-state index is 13.3. The van der Waals surface area contributed by atoms with E-state index in [0.717, 1.165) is 17.7 Å². The minimum Gasteiger partial charge on any atom is -0.350 e. The standard InChI is InChI=1S/C24H22N2O2/c1-15-5-4-8-21-22(15)23(27)25-11-12-26(21)24(28)20-14-19(20)18-10-9-16-6-2-3-7-17(16)13-18/h2-10,13,19-20H,11-12,14H2,1H3,(H,25,27). The Balaban J connectivity index is 1.43. The number of hydrogen-bond acceptors (Lipinski definition) is 2. The number of amides is 2. The van der Waals surface area contributed by atoms with Gasteiger partial charge in [-0.1, -0.05) is 54.6 Å². The Bertz CT molecular complexity index is 1100. The molecule has 4 nitrogen and oxygen atoms in total. The smallest absolute Gasteiger partial charge is 0.253 e. The van der Waals surface area contributed by atoms with Crippen LogP contribution in [0, 0.1) is 12.8 Å². The zero-order valence-electron chi connectivity index (χ0n) is 15.8. The topological polar surface area (TPSA) is 49.4 Å². The van der Waals surface area contributed by atoms with Gasteiger partial charge >= 0.3 is 0 Å². The van der Waals surface area contributed by atoms with Crippen molar-refractivity contribution in [2.45, 2.75) is 19.3 Å². The third-order valence-electron chi connectivity index (χ3n) is 5.96. The number of nitrogens with zero attached hydrogens (tertiary/aromatic N) is 1. The van der Waals surface area contributed by atoms with Crippen LogP contribution in [0.3, 0.4) is 0 Å².